The standard InChI is InChI=1S/C16H24N6O4.C5H9NO2S.C4H8O/c1-10(2)14(17)16(24)26-9-22-13(5-6-18-22)19-15(23)12-7-11(8-25-4)20-21(12)3;1-5(2-3-5)6-4(7)8-9;1-2-4-5-3-1/h5-7,10,14H,8-9,17H2,1-4H3,(H,19,23);9H,2-3H2,1H3,(H,6,7);1-4H2. The van der Waals surface area contributed by atoms with Crippen LogP contribution < -0.4 is 16.4 Å². The first kappa shape index (κ1) is 33.1. The molecule has 1 atom stereocenters. The number of nitrogens with zero attached hydrogens (tertiary/aromatic N) is 4. The SMILES string of the molecule is C1CCOC1.CC1(NC(=O)OS)CC1.COCc1cc(C(=O)Nc2ccnn2COC(=O)C(N)C(C)C)n(C)n1. The first-order chi connectivity index (χ1) is 19.0. The lowest BCUT2D eigenvalue weighted by molar-refractivity contribution is -0.150. The molecule has 1 aliphatic heterocycles. The number of hydrogen-bond acceptors (Lipinski definition) is 11. The predicted octanol–water partition coefficient (Wildman–Crippen LogP) is 2.41. The zero-order valence-electron chi connectivity index (χ0n) is 23.7. The third kappa shape index (κ3) is 11.2. The number of aryl methyl sites for hydroxylation is 1. The molecule has 0 bridgehead atoms. The van der Waals surface area contributed by atoms with E-state index in [1.807, 2.05) is 20.8 Å². The quantitative estimate of drug-likeness (QED) is 0.195. The molecule has 1 aliphatic carbocycles. The number of thiol groups is 1. The average Bonchev–Trinajstić information content (AvgIpc) is 3.38. The summed E-state index contributed by atoms with van der Waals surface area (Å²) in [6.07, 6.45) is 5.66. The lowest BCUT2D eigenvalue weighted by Gasteiger charge is -2.15. The van der Waals surface area contributed by atoms with E-state index in [1.54, 1.807) is 26.3 Å². The van der Waals surface area contributed by atoms with Crippen LogP contribution >= 0.6 is 12.9 Å². The normalized spacial score (nSPS) is 15.6. The van der Waals surface area contributed by atoms with Gasteiger partial charge in [0.05, 0.1) is 18.5 Å². The molecule has 14 nitrogen and oxygen atoms in total. The zero-order chi connectivity index (χ0) is 29.7. The van der Waals surface area contributed by atoms with Crippen LogP contribution in [0.1, 0.15) is 62.6 Å². The van der Waals surface area contributed by atoms with Crippen molar-refractivity contribution in [3.8, 4) is 0 Å². The molecule has 2 fully saturated rings. The Bertz CT molecular complexity index is 1090. The summed E-state index contributed by atoms with van der Waals surface area (Å²) in [6, 6.07) is 2.53. The fourth-order valence-corrected chi connectivity index (χ4v) is 3.31. The molecule has 4 rings (SSSR count). The minimum Gasteiger partial charge on any atom is -0.441 e. The summed E-state index contributed by atoms with van der Waals surface area (Å²) in [5.74, 6) is -0.543. The topological polar surface area (TPSA) is 174 Å². The lowest BCUT2D eigenvalue weighted by atomic mass is 10.1. The second-order valence-corrected chi connectivity index (χ2v) is 10.2. The molecule has 40 heavy (non-hydrogen) atoms. The molecule has 2 aromatic rings. The first-order valence-electron chi connectivity index (χ1n) is 13.0. The number of carbonyl (C=O) groups excluding carboxylic acids is 3. The van der Waals surface area contributed by atoms with Gasteiger partial charge in [0, 0.05) is 51.9 Å². The molecule has 2 aliphatic rings. The Balaban J connectivity index is 0.000000323. The van der Waals surface area contributed by atoms with Crippen LogP contribution in [0.5, 0.6) is 0 Å². The van der Waals surface area contributed by atoms with Gasteiger partial charge < -0.3 is 34.8 Å². The van der Waals surface area contributed by atoms with Crippen molar-refractivity contribution in [2.75, 3.05) is 25.6 Å². The van der Waals surface area contributed by atoms with E-state index < -0.39 is 18.1 Å². The van der Waals surface area contributed by atoms with E-state index in [4.69, 9.17) is 19.9 Å². The molecule has 4 N–H and O–H groups in total. The van der Waals surface area contributed by atoms with Crippen molar-refractivity contribution in [2.24, 2.45) is 18.7 Å². The summed E-state index contributed by atoms with van der Waals surface area (Å²) in [4.78, 5) is 34.8. The van der Waals surface area contributed by atoms with Crippen LogP contribution in [0.25, 0.3) is 0 Å². The van der Waals surface area contributed by atoms with Crippen molar-refractivity contribution in [2.45, 2.75) is 71.4 Å². The van der Waals surface area contributed by atoms with E-state index in [0.29, 0.717) is 23.8 Å². The summed E-state index contributed by atoms with van der Waals surface area (Å²) in [7, 11) is 3.22. The van der Waals surface area contributed by atoms with Crippen LogP contribution in [0.15, 0.2) is 18.3 Å². The number of hydrogen-bond donors (Lipinski definition) is 4. The number of methoxy groups -OCH3 is 1. The average molecular weight is 584 g/mol. The second-order valence-electron chi connectivity index (χ2n) is 9.99. The molecule has 1 saturated heterocycles. The van der Waals surface area contributed by atoms with Gasteiger partial charge in [-0.1, -0.05) is 13.8 Å². The number of carbonyl (C=O) groups is 3. The van der Waals surface area contributed by atoms with E-state index in [2.05, 4.69) is 37.9 Å². The van der Waals surface area contributed by atoms with Crippen LogP contribution in [0.3, 0.4) is 0 Å². The van der Waals surface area contributed by atoms with Crippen LogP contribution in [0.2, 0.25) is 0 Å². The molecule has 2 amide bonds. The van der Waals surface area contributed by atoms with Crippen molar-refractivity contribution in [3.05, 3.63) is 29.7 Å². The zero-order valence-corrected chi connectivity index (χ0v) is 24.6. The van der Waals surface area contributed by atoms with Crippen LogP contribution in [-0.4, -0.2) is 69.4 Å². The molecule has 0 spiro atoms. The Morgan fingerprint density at radius 3 is 2.45 bits per heavy atom. The first-order valence-corrected chi connectivity index (χ1v) is 13.3. The van der Waals surface area contributed by atoms with Gasteiger partial charge in [0.2, 0.25) is 0 Å². The maximum Gasteiger partial charge on any atom is 0.419 e. The summed E-state index contributed by atoms with van der Waals surface area (Å²) in [5.41, 5.74) is 6.75. The smallest absolute Gasteiger partial charge is 0.419 e. The molecular weight excluding hydrogens is 542 g/mol. The minimum absolute atomic E-state index is 0.000185. The number of nitrogens with two attached hydrogens (primary N) is 1. The second kappa shape index (κ2) is 16.2. The Hall–Kier alpha value is -3.14. The number of nitrogens with one attached hydrogen (secondary N) is 2. The van der Waals surface area contributed by atoms with Crippen LogP contribution in [0, 0.1) is 5.92 Å². The summed E-state index contributed by atoms with van der Waals surface area (Å²) >= 11 is 3.34. The summed E-state index contributed by atoms with van der Waals surface area (Å²) in [5, 5.41) is 13.6. The van der Waals surface area contributed by atoms with Gasteiger partial charge >= 0.3 is 12.1 Å². The van der Waals surface area contributed by atoms with Gasteiger partial charge in [-0.05, 0) is 44.6 Å². The Morgan fingerprint density at radius 2 is 1.93 bits per heavy atom. The number of amides is 2. The Morgan fingerprint density at radius 1 is 1.25 bits per heavy atom. The van der Waals surface area contributed by atoms with Gasteiger partial charge in [0.15, 0.2) is 6.73 Å². The number of aromatic nitrogens is 4. The van der Waals surface area contributed by atoms with Crippen molar-refractivity contribution in [1.29, 1.82) is 0 Å². The highest BCUT2D eigenvalue weighted by atomic mass is 32.1. The number of anilines is 1. The molecule has 0 radical (unpaired) electrons. The fourth-order valence-electron chi connectivity index (χ4n) is 3.26. The van der Waals surface area contributed by atoms with Gasteiger partial charge in [0.25, 0.3) is 5.91 Å². The Labute approximate surface area is 239 Å². The molecular formula is C25H41N7O7S. The fraction of sp³-hybridized carbons (Fsp3) is 0.640. The number of rotatable bonds is 9. The van der Waals surface area contributed by atoms with E-state index >= 15 is 0 Å². The highest BCUT2D eigenvalue weighted by Gasteiger charge is 2.39. The van der Waals surface area contributed by atoms with E-state index in [9.17, 15) is 14.4 Å². The lowest BCUT2D eigenvalue weighted by Crippen LogP contribution is -2.37. The predicted molar refractivity (Wildman–Crippen MR) is 149 cm³/mol. The third-order valence-corrected chi connectivity index (χ3v) is 6.21. The number of esters is 1. The molecule has 224 valence electrons. The molecule has 15 heteroatoms. The number of ether oxygens (including phenoxy) is 3. The van der Waals surface area contributed by atoms with E-state index in [1.165, 1.54) is 28.4 Å². The van der Waals surface area contributed by atoms with Gasteiger partial charge in [-0.2, -0.15) is 10.2 Å². The maximum atomic E-state index is 12.5. The molecule has 1 unspecified atom stereocenters. The Kier molecular flexibility index (Phi) is 13.4. The monoisotopic (exact) mass is 583 g/mol. The third-order valence-electron chi connectivity index (χ3n) is 6.05. The molecule has 2 aromatic heterocycles. The van der Waals surface area contributed by atoms with Crippen molar-refractivity contribution in [1.82, 2.24) is 24.9 Å². The van der Waals surface area contributed by atoms with Crippen molar-refractivity contribution in [3.63, 3.8) is 0 Å². The van der Waals surface area contributed by atoms with Gasteiger partial charge in [0.1, 0.15) is 17.6 Å². The van der Waals surface area contributed by atoms with Gasteiger partial charge in [-0.3, -0.25) is 14.3 Å². The van der Waals surface area contributed by atoms with Crippen molar-refractivity contribution < 1.29 is 32.8 Å². The van der Waals surface area contributed by atoms with E-state index in [-0.39, 0.29) is 24.1 Å². The summed E-state index contributed by atoms with van der Waals surface area (Å²) < 4.78 is 22.0. The van der Waals surface area contributed by atoms with Crippen molar-refractivity contribution >= 4 is 36.7 Å². The molecule has 3 heterocycles. The van der Waals surface area contributed by atoms with Crippen LogP contribution in [-0.2, 0) is 43.6 Å². The van der Waals surface area contributed by atoms with Crippen LogP contribution in [0.4, 0.5) is 10.6 Å². The molecule has 1 saturated carbocycles. The maximum absolute atomic E-state index is 12.5. The highest BCUT2D eigenvalue weighted by Crippen LogP contribution is 2.34. The summed E-state index contributed by atoms with van der Waals surface area (Å²) in [6.45, 7) is 7.79. The van der Waals surface area contributed by atoms with Gasteiger partial charge in [-0.15, -0.1) is 0 Å². The highest BCUT2D eigenvalue weighted by molar-refractivity contribution is 7.75. The molecule has 0 aromatic carbocycles. The largest absolute Gasteiger partial charge is 0.441 e. The minimum atomic E-state index is -0.711. The van der Waals surface area contributed by atoms with Gasteiger partial charge in [-0.25, -0.2) is 9.48 Å². The van der Waals surface area contributed by atoms with E-state index in [0.717, 1.165) is 26.1 Å².